The molecule has 2 aromatic heterocycles. The van der Waals surface area contributed by atoms with Crippen molar-refractivity contribution in [1.29, 1.82) is 0 Å². The average Bonchev–Trinajstić information content (AvgIpc) is 2.66. The van der Waals surface area contributed by atoms with Crippen LogP contribution in [0.15, 0.2) is 24.4 Å². The van der Waals surface area contributed by atoms with E-state index in [1.165, 1.54) is 5.56 Å². The summed E-state index contributed by atoms with van der Waals surface area (Å²) in [5, 5.41) is 3.28. The monoisotopic (exact) mass is 368 g/mol. The normalized spacial score (nSPS) is 20.9. The number of anilines is 1. The molecule has 0 saturated carbocycles. The van der Waals surface area contributed by atoms with E-state index < -0.39 is 0 Å². The Morgan fingerprint density at radius 3 is 2.89 bits per heavy atom. The van der Waals surface area contributed by atoms with E-state index >= 15 is 0 Å². The fourth-order valence-electron chi connectivity index (χ4n) is 3.94. The van der Waals surface area contributed by atoms with Crippen molar-refractivity contribution in [3.63, 3.8) is 0 Å². The lowest BCUT2D eigenvalue weighted by Gasteiger charge is -2.37. The Morgan fingerprint density at radius 1 is 1.26 bits per heavy atom. The van der Waals surface area contributed by atoms with Gasteiger partial charge in [0, 0.05) is 42.3 Å². The lowest BCUT2D eigenvalue weighted by atomic mass is 10.0. The van der Waals surface area contributed by atoms with Crippen LogP contribution >= 0.6 is 0 Å². The van der Waals surface area contributed by atoms with Crippen molar-refractivity contribution in [1.82, 2.24) is 14.9 Å². The van der Waals surface area contributed by atoms with Crippen molar-refractivity contribution in [3.05, 3.63) is 41.3 Å². The van der Waals surface area contributed by atoms with E-state index in [1.807, 2.05) is 32.2 Å². The minimum Gasteiger partial charge on any atom is -0.489 e. The van der Waals surface area contributed by atoms with Crippen LogP contribution in [0.2, 0.25) is 0 Å². The maximum atomic E-state index is 6.29. The molecule has 4 heterocycles. The zero-order chi connectivity index (χ0) is 18.8. The predicted octanol–water partition coefficient (Wildman–Crippen LogP) is 3.50. The standard InChI is InChI=1S/C21H28N4O2/c1-14-9-19(10-15(2)24-14)27-18-5-4-7-25(13-18)16(3)17-11-20-21(23-12-17)22-6-8-26-20/h9-12,16,18H,4-8,13H2,1-3H3,(H,22,23). The first-order valence-corrected chi connectivity index (χ1v) is 9.81. The number of piperidine rings is 1. The molecule has 0 bridgehead atoms. The number of pyridine rings is 2. The van der Waals surface area contributed by atoms with Crippen molar-refractivity contribution in [3.8, 4) is 11.5 Å². The van der Waals surface area contributed by atoms with Crippen LogP contribution in [0, 0.1) is 13.8 Å². The van der Waals surface area contributed by atoms with Gasteiger partial charge in [0.2, 0.25) is 0 Å². The molecule has 0 spiro atoms. The molecule has 0 amide bonds. The summed E-state index contributed by atoms with van der Waals surface area (Å²) in [6, 6.07) is 6.44. The van der Waals surface area contributed by atoms with Gasteiger partial charge in [0.25, 0.3) is 0 Å². The summed E-state index contributed by atoms with van der Waals surface area (Å²) in [4.78, 5) is 11.5. The van der Waals surface area contributed by atoms with Gasteiger partial charge in [-0.15, -0.1) is 0 Å². The van der Waals surface area contributed by atoms with Crippen LogP contribution in [0.1, 0.15) is 42.8 Å². The molecular weight excluding hydrogens is 340 g/mol. The van der Waals surface area contributed by atoms with Gasteiger partial charge in [-0.05, 0) is 51.8 Å². The van der Waals surface area contributed by atoms with Gasteiger partial charge in [-0.3, -0.25) is 9.88 Å². The first-order valence-electron chi connectivity index (χ1n) is 9.81. The van der Waals surface area contributed by atoms with Crippen LogP contribution in [0.4, 0.5) is 5.82 Å². The van der Waals surface area contributed by atoms with Gasteiger partial charge in [-0.2, -0.15) is 0 Å². The summed E-state index contributed by atoms with van der Waals surface area (Å²) in [6.07, 6.45) is 4.38. The van der Waals surface area contributed by atoms with E-state index in [-0.39, 0.29) is 12.1 Å². The van der Waals surface area contributed by atoms with Crippen LogP contribution in [-0.2, 0) is 0 Å². The second kappa shape index (κ2) is 7.72. The molecule has 1 fully saturated rings. The highest BCUT2D eigenvalue weighted by Gasteiger charge is 2.26. The lowest BCUT2D eigenvalue weighted by molar-refractivity contribution is 0.0655. The summed E-state index contributed by atoms with van der Waals surface area (Å²) >= 11 is 0. The summed E-state index contributed by atoms with van der Waals surface area (Å²) in [5.74, 6) is 2.63. The molecule has 6 heteroatoms. The topological polar surface area (TPSA) is 59.5 Å². The Balaban J connectivity index is 1.44. The van der Waals surface area contributed by atoms with Gasteiger partial charge < -0.3 is 14.8 Å². The van der Waals surface area contributed by atoms with E-state index in [4.69, 9.17) is 9.47 Å². The summed E-state index contributed by atoms with van der Waals surface area (Å²) < 4.78 is 12.0. The van der Waals surface area contributed by atoms with Crippen LogP contribution in [0.3, 0.4) is 0 Å². The highest BCUT2D eigenvalue weighted by molar-refractivity contribution is 5.52. The zero-order valence-corrected chi connectivity index (χ0v) is 16.4. The maximum absolute atomic E-state index is 6.29. The van der Waals surface area contributed by atoms with Crippen LogP contribution in [0.5, 0.6) is 11.5 Å². The molecule has 2 atom stereocenters. The molecule has 0 radical (unpaired) electrons. The molecule has 0 aliphatic carbocycles. The molecule has 0 aromatic carbocycles. The quantitative estimate of drug-likeness (QED) is 0.891. The Morgan fingerprint density at radius 2 is 2.07 bits per heavy atom. The highest BCUT2D eigenvalue weighted by Crippen LogP contribution is 2.31. The number of nitrogens with zero attached hydrogens (tertiary/aromatic N) is 3. The number of likely N-dealkylation sites (tertiary alicyclic amines) is 1. The van der Waals surface area contributed by atoms with Crippen LogP contribution in [-0.4, -0.2) is 47.2 Å². The molecule has 2 aliphatic heterocycles. The van der Waals surface area contributed by atoms with Gasteiger partial charge in [-0.1, -0.05) is 0 Å². The molecule has 2 aromatic rings. The zero-order valence-electron chi connectivity index (χ0n) is 16.4. The number of fused-ring (bicyclic) bond motifs is 1. The average molecular weight is 368 g/mol. The molecule has 2 aliphatic rings. The minimum atomic E-state index is 0.200. The van der Waals surface area contributed by atoms with Gasteiger partial charge in [-0.25, -0.2) is 4.98 Å². The Labute approximate surface area is 160 Å². The molecule has 6 nitrogen and oxygen atoms in total. The molecular formula is C21H28N4O2. The third-order valence-electron chi connectivity index (χ3n) is 5.32. The van der Waals surface area contributed by atoms with E-state index in [0.717, 1.165) is 61.2 Å². The van der Waals surface area contributed by atoms with E-state index in [9.17, 15) is 0 Å². The van der Waals surface area contributed by atoms with E-state index in [0.29, 0.717) is 6.61 Å². The second-order valence-corrected chi connectivity index (χ2v) is 7.53. The Kier molecular flexibility index (Phi) is 5.16. The number of ether oxygens (including phenoxy) is 2. The first kappa shape index (κ1) is 18.0. The van der Waals surface area contributed by atoms with Gasteiger partial charge in [0.1, 0.15) is 18.5 Å². The largest absolute Gasteiger partial charge is 0.489 e. The molecule has 4 rings (SSSR count). The number of nitrogens with one attached hydrogen (secondary N) is 1. The van der Waals surface area contributed by atoms with Gasteiger partial charge >= 0.3 is 0 Å². The molecule has 2 unspecified atom stereocenters. The third-order valence-corrected chi connectivity index (χ3v) is 5.32. The van der Waals surface area contributed by atoms with Gasteiger partial charge in [0.15, 0.2) is 11.6 Å². The van der Waals surface area contributed by atoms with Crippen LogP contribution in [0.25, 0.3) is 0 Å². The summed E-state index contributed by atoms with van der Waals surface area (Å²) in [6.45, 7) is 9.75. The van der Waals surface area contributed by atoms with Crippen LogP contribution < -0.4 is 14.8 Å². The maximum Gasteiger partial charge on any atom is 0.168 e. The number of hydrogen-bond donors (Lipinski definition) is 1. The second-order valence-electron chi connectivity index (χ2n) is 7.53. The fraction of sp³-hybridized carbons (Fsp3) is 0.524. The number of aryl methyl sites for hydroxylation is 2. The van der Waals surface area contributed by atoms with Crippen molar-refractivity contribution in [2.24, 2.45) is 0 Å². The highest BCUT2D eigenvalue weighted by atomic mass is 16.5. The van der Waals surface area contributed by atoms with Crippen molar-refractivity contribution >= 4 is 5.82 Å². The fourth-order valence-corrected chi connectivity index (χ4v) is 3.94. The predicted molar refractivity (Wildman–Crippen MR) is 106 cm³/mol. The van der Waals surface area contributed by atoms with E-state index in [1.54, 1.807) is 0 Å². The smallest absolute Gasteiger partial charge is 0.168 e. The molecule has 1 N–H and O–H groups in total. The molecule has 1 saturated heterocycles. The van der Waals surface area contributed by atoms with Gasteiger partial charge in [0.05, 0.1) is 6.54 Å². The summed E-state index contributed by atoms with van der Waals surface area (Å²) in [7, 11) is 0. The lowest BCUT2D eigenvalue weighted by Crippen LogP contribution is -2.42. The molecule has 144 valence electrons. The van der Waals surface area contributed by atoms with E-state index in [2.05, 4.69) is 33.2 Å². The number of rotatable bonds is 4. The minimum absolute atomic E-state index is 0.200. The summed E-state index contributed by atoms with van der Waals surface area (Å²) in [5.41, 5.74) is 3.19. The van der Waals surface area contributed by atoms with Crippen molar-refractivity contribution < 1.29 is 9.47 Å². The number of aromatic nitrogens is 2. The first-order chi connectivity index (χ1) is 13.1. The Bertz CT molecular complexity index is 791. The van der Waals surface area contributed by atoms with Crippen molar-refractivity contribution in [2.75, 3.05) is 31.6 Å². The van der Waals surface area contributed by atoms with Crippen molar-refractivity contribution in [2.45, 2.75) is 45.8 Å². The third kappa shape index (κ3) is 4.16. The molecule has 27 heavy (non-hydrogen) atoms. The Hall–Kier alpha value is -2.34. The number of hydrogen-bond acceptors (Lipinski definition) is 6. The SMILES string of the molecule is Cc1cc(OC2CCCN(C(C)c3cnc4c(c3)OCCN4)C2)cc(C)n1.